The van der Waals surface area contributed by atoms with E-state index in [-0.39, 0.29) is 55.0 Å². The van der Waals surface area contributed by atoms with Crippen molar-refractivity contribution in [3.05, 3.63) is 29.3 Å². The fraction of sp³-hybridized carbons (Fsp3) is 0.519. The van der Waals surface area contributed by atoms with E-state index < -0.39 is 63.0 Å². The van der Waals surface area contributed by atoms with E-state index in [2.05, 4.69) is 0 Å². The largest absolute Gasteiger partial charge is 0.508 e. The smallest absolute Gasteiger partial charge is 0.303 e. The number of carbonyl (C=O) groups excluding carboxylic acids is 4. The summed E-state index contributed by atoms with van der Waals surface area (Å²) in [6, 6.07) is 2.65. The summed E-state index contributed by atoms with van der Waals surface area (Å²) in [5, 5.41) is 19.3. The van der Waals surface area contributed by atoms with Crippen LogP contribution in [0.1, 0.15) is 37.2 Å². The number of carbonyl (C=O) groups is 5. The number of benzene rings is 1. The van der Waals surface area contributed by atoms with Gasteiger partial charge in [0.25, 0.3) is 11.8 Å². The number of likely N-dealkylation sites (tertiary alicyclic amines) is 2. The molecule has 1 aromatic carbocycles. The molecule has 214 valence electrons. The molecule has 40 heavy (non-hydrogen) atoms. The molecule has 4 amide bonds. The number of halogens is 2. The number of allylic oxidation sites excluding steroid dienone is 2. The van der Waals surface area contributed by atoms with Crippen molar-refractivity contribution in [1.82, 2.24) is 9.80 Å². The molecule has 6 unspecified atom stereocenters. The predicted octanol–water partition coefficient (Wildman–Crippen LogP) is 2.26. The van der Waals surface area contributed by atoms with E-state index in [1.165, 1.54) is 33.4 Å². The van der Waals surface area contributed by atoms with E-state index in [0.29, 0.717) is 5.57 Å². The van der Waals surface area contributed by atoms with Crippen LogP contribution >= 0.6 is 23.2 Å². The predicted molar refractivity (Wildman–Crippen MR) is 140 cm³/mol. The summed E-state index contributed by atoms with van der Waals surface area (Å²) in [5.74, 6) is -6.81. The highest BCUT2D eigenvalue weighted by Crippen LogP contribution is 2.67. The van der Waals surface area contributed by atoms with Gasteiger partial charge in [0.15, 0.2) is 9.75 Å². The number of ether oxygens (including phenoxy) is 2. The number of carboxylic acids is 1. The molecule has 6 atom stereocenters. The number of carboxylic acid groups (broad SMARTS) is 1. The number of hydrogen-bond acceptors (Lipinski definition) is 8. The lowest BCUT2D eigenvalue weighted by Crippen LogP contribution is -2.60. The third kappa shape index (κ3) is 3.66. The summed E-state index contributed by atoms with van der Waals surface area (Å²) in [6.45, 7) is -0.0479. The summed E-state index contributed by atoms with van der Waals surface area (Å²) in [4.78, 5) is 63.2. The molecule has 0 bridgehead atoms. The molecule has 1 aromatic rings. The van der Waals surface area contributed by atoms with Crippen LogP contribution in [0.5, 0.6) is 17.2 Å². The molecule has 11 nitrogen and oxygen atoms in total. The lowest BCUT2D eigenvalue weighted by molar-refractivity contribution is -0.142. The Morgan fingerprint density at radius 1 is 1.05 bits per heavy atom. The number of alkyl halides is 2. The minimum Gasteiger partial charge on any atom is -0.508 e. The fourth-order valence-electron chi connectivity index (χ4n) is 6.94. The molecule has 2 aliphatic carbocycles. The van der Waals surface area contributed by atoms with Gasteiger partial charge in [0.1, 0.15) is 17.2 Å². The molecular formula is C27H28Cl2N2O9. The van der Waals surface area contributed by atoms with Gasteiger partial charge in [-0.05, 0) is 25.2 Å². The Balaban J connectivity index is 1.69. The van der Waals surface area contributed by atoms with E-state index >= 15 is 0 Å². The van der Waals surface area contributed by atoms with Crippen LogP contribution < -0.4 is 9.47 Å². The lowest BCUT2D eigenvalue weighted by atomic mass is 9.56. The van der Waals surface area contributed by atoms with E-state index in [1.807, 2.05) is 0 Å². The highest BCUT2D eigenvalue weighted by molar-refractivity contribution is 6.53. The van der Waals surface area contributed by atoms with Crippen molar-refractivity contribution < 1.29 is 43.7 Å². The number of amides is 4. The van der Waals surface area contributed by atoms with Crippen molar-refractivity contribution in [2.45, 2.75) is 41.3 Å². The monoisotopic (exact) mass is 594 g/mol. The number of phenols is 1. The second-order valence-corrected chi connectivity index (χ2v) is 11.8. The van der Waals surface area contributed by atoms with Crippen LogP contribution in [0, 0.1) is 17.8 Å². The minimum atomic E-state index is -2.04. The number of rotatable bonds is 7. The number of nitrogens with zero attached hydrogens (tertiary/aromatic N) is 2. The SMILES string of the molecule is COc1cc(O)cc(OC)c1C1C2=CCC3C(=O)N(CCCC(=O)O)C(=O)C3C2CC2(Cl)C(=O)N(C)C(=O)C12Cl. The van der Waals surface area contributed by atoms with E-state index in [9.17, 15) is 29.1 Å². The molecule has 13 heteroatoms. The zero-order chi connectivity index (χ0) is 29.3. The summed E-state index contributed by atoms with van der Waals surface area (Å²) >= 11 is 14.3. The molecule has 2 saturated heterocycles. The highest BCUT2D eigenvalue weighted by Gasteiger charge is 2.76. The van der Waals surface area contributed by atoms with Gasteiger partial charge in [-0.3, -0.25) is 33.8 Å². The number of fused-ring (bicyclic) bond motifs is 4. The Hall–Kier alpha value is -3.31. The maximum absolute atomic E-state index is 13.7. The molecule has 0 aromatic heterocycles. The van der Waals surface area contributed by atoms with Crippen molar-refractivity contribution in [3.8, 4) is 17.2 Å². The topological polar surface area (TPSA) is 151 Å². The van der Waals surface area contributed by atoms with Gasteiger partial charge >= 0.3 is 5.97 Å². The third-order valence-corrected chi connectivity index (χ3v) is 10.1. The number of hydrogen-bond donors (Lipinski definition) is 2. The van der Waals surface area contributed by atoms with Gasteiger partial charge in [0.2, 0.25) is 11.8 Å². The number of methoxy groups -OCH3 is 2. The Morgan fingerprint density at radius 3 is 2.25 bits per heavy atom. The molecular weight excluding hydrogens is 567 g/mol. The molecule has 2 N–H and O–H groups in total. The van der Waals surface area contributed by atoms with Crippen molar-refractivity contribution in [2.75, 3.05) is 27.8 Å². The highest BCUT2D eigenvalue weighted by atomic mass is 35.5. The molecule has 0 spiro atoms. The molecule has 3 fully saturated rings. The average molecular weight is 595 g/mol. The van der Waals surface area contributed by atoms with Crippen LogP contribution in [0.2, 0.25) is 0 Å². The molecule has 5 rings (SSSR count). The summed E-state index contributed by atoms with van der Waals surface area (Å²) in [6.07, 6.45) is 1.65. The number of phenolic OH excluding ortho intramolecular Hbond substituents is 1. The van der Waals surface area contributed by atoms with Gasteiger partial charge < -0.3 is 19.7 Å². The van der Waals surface area contributed by atoms with Gasteiger partial charge in [-0.25, -0.2) is 0 Å². The zero-order valence-electron chi connectivity index (χ0n) is 22.0. The molecule has 2 aliphatic heterocycles. The standard InChI is InChI=1S/C27H28Cl2N2O9/c1-30-24(37)26(28)11-15-13(6-7-14-19(15)23(36)31(22(14)35)8-4-5-18(33)34)21(27(26,29)25(30)38)20-16(39-2)9-12(32)10-17(20)40-3/h6,9-10,14-15,19,21,32H,4-5,7-8,11H2,1-3H3,(H,33,34). The zero-order valence-corrected chi connectivity index (χ0v) is 23.5. The fourth-order valence-corrected chi connectivity index (χ4v) is 7.95. The summed E-state index contributed by atoms with van der Waals surface area (Å²) < 4.78 is 11.1. The van der Waals surface area contributed by atoms with Gasteiger partial charge in [-0.15, -0.1) is 23.2 Å². The minimum absolute atomic E-state index is 0.0479. The Bertz CT molecular complexity index is 1350. The Labute approximate surface area is 239 Å². The van der Waals surface area contributed by atoms with Gasteiger partial charge in [-0.2, -0.15) is 0 Å². The number of aromatic hydroxyl groups is 1. The van der Waals surface area contributed by atoms with E-state index in [4.69, 9.17) is 37.8 Å². The quantitative estimate of drug-likeness (QED) is 0.275. The Morgan fingerprint density at radius 2 is 1.68 bits per heavy atom. The molecule has 0 radical (unpaired) electrons. The van der Waals surface area contributed by atoms with Crippen molar-refractivity contribution in [2.24, 2.45) is 17.8 Å². The second-order valence-electron chi connectivity index (χ2n) is 10.6. The van der Waals surface area contributed by atoms with Crippen LogP contribution in [0.25, 0.3) is 0 Å². The first-order valence-electron chi connectivity index (χ1n) is 12.8. The Kier molecular flexibility index (Phi) is 6.81. The van der Waals surface area contributed by atoms with Crippen LogP contribution in [-0.2, 0) is 24.0 Å². The van der Waals surface area contributed by atoms with Gasteiger partial charge in [0.05, 0.1) is 26.1 Å². The lowest BCUT2D eigenvalue weighted by Gasteiger charge is -2.51. The van der Waals surface area contributed by atoms with Crippen LogP contribution in [-0.4, -0.2) is 87.2 Å². The van der Waals surface area contributed by atoms with E-state index in [0.717, 1.165) is 9.80 Å². The summed E-state index contributed by atoms with van der Waals surface area (Å²) in [5.41, 5.74) is 0.809. The second kappa shape index (κ2) is 9.66. The maximum Gasteiger partial charge on any atom is 0.303 e. The first-order valence-corrected chi connectivity index (χ1v) is 13.5. The first kappa shape index (κ1) is 28.2. The van der Waals surface area contributed by atoms with Crippen LogP contribution in [0.3, 0.4) is 0 Å². The summed E-state index contributed by atoms with van der Waals surface area (Å²) in [7, 11) is 4.01. The van der Waals surface area contributed by atoms with Crippen LogP contribution in [0.15, 0.2) is 23.8 Å². The first-order chi connectivity index (χ1) is 18.8. The average Bonchev–Trinajstić information content (AvgIpc) is 3.23. The van der Waals surface area contributed by atoms with Crippen molar-refractivity contribution in [1.29, 1.82) is 0 Å². The third-order valence-electron chi connectivity index (χ3n) is 8.70. The van der Waals surface area contributed by atoms with E-state index in [1.54, 1.807) is 6.08 Å². The number of imide groups is 2. The molecule has 2 heterocycles. The van der Waals surface area contributed by atoms with Crippen molar-refractivity contribution in [3.63, 3.8) is 0 Å². The number of aliphatic carboxylic acids is 1. The molecule has 4 aliphatic rings. The normalized spacial score (nSPS) is 33.0. The van der Waals surface area contributed by atoms with Crippen LogP contribution in [0.4, 0.5) is 0 Å². The maximum atomic E-state index is 13.7. The van der Waals surface area contributed by atoms with Gasteiger partial charge in [-0.1, -0.05) is 11.6 Å². The molecule has 1 saturated carbocycles. The van der Waals surface area contributed by atoms with Gasteiger partial charge in [0, 0.05) is 43.6 Å². The van der Waals surface area contributed by atoms with Crippen molar-refractivity contribution >= 4 is 52.8 Å².